The summed E-state index contributed by atoms with van der Waals surface area (Å²) in [7, 11) is -0.749. The average molecular weight is 456 g/mol. The van der Waals surface area contributed by atoms with Crippen LogP contribution in [-0.2, 0) is 0 Å². The van der Waals surface area contributed by atoms with E-state index in [0.29, 0.717) is 0 Å². The van der Waals surface area contributed by atoms with Crippen LogP contribution < -0.4 is 0 Å². The van der Waals surface area contributed by atoms with Gasteiger partial charge in [0.25, 0.3) is 0 Å². The van der Waals surface area contributed by atoms with E-state index < -0.39 is 7.26 Å². The molecule has 0 aliphatic carbocycles. The maximum atomic E-state index is 2.59. The van der Waals surface area contributed by atoms with Gasteiger partial charge in [0.05, 0.1) is 24.6 Å². The Labute approximate surface area is 200 Å². The van der Waals surface area contributed by atoms with E-state index in [4.69, 9.17) is 0 Å². The molecule has 0 radical (unpaired) electrons. The first kappa shape index (κ1) is 31.4. The summed E-state index contributed by atoms with van der Waals surface area (Å²) in [6.45, 7) is 12.0. The fourth-order valence-electron chi connectivity index (χ4n) is 5.54. The SMILES string of the molecule is CCCCCCCC[P+](CCCCCCCC)(CCCCCCCC)CC(C)CCC. The van der Waals surface area contributed by atoms with Crippen molar-refractivity contribution in [1.82, 2.24) is 0 Å². The van der Waals surface area contributed by atoms with Crippen LogP contribution in [0.3, 0.4) is 0 Å². The second kappa shape index (κ2) is 23.6. The van der Waals surface area contributed by atoms with Crippen molar-refractivity contribution in [3.63, 3.8) is 0 Å². The van der Waals surface area contributed by atoms with E-state index in [9.17, 15) is 0 Å². The average Bonchev–Trinajstić information content (AvgIpc) is 2.75. The first-order valence-corrected chi connectivity index (χ1v) is 17.5. The first-order valence-electron chi connectivity index (χ1n) is 15.0. The van der Waals surface area contributed by atoms with Gasteiger partial charge in [-0.05, 0) is 50.9 Å². The molecule has 188 valence electrons. The molecule has 0 bridgehead atoms. The Morgan fingerprint density at radius 2 is 0.742 bits per heavy atom. The van der Waals surface area contributed by atoms with E-state index in [2.05, 4.69) is 34.6 Å². The second-order valence-corrected chi connectivity index (χ2v) is 15.3. The first-order chi connectivity index (χ1) is 15.1. The molecule has 0 amide bonds. The summed E-state index contributed by atoms with van der Waals surface area (Å²) in [5.74, 6) is 0.971. The molecular formula is C30H64P+. The zero-order chi connectivity index (χ0) is 23.0. The summed E-state index contributed by atoms with van der Waals surface area (Å²) in [5, 5.41) is 0. The van der Waals surface area contributed by atoms with Crippen molar-refractivity contribution in [2.75, 3.05) is 24.6 Å². The van der Waals surface area contributed by atoms with Crippen molar-refractivity contribution in [1.29, 1.82) is 0 Å². The molecule has 0 spiro atoms. The Morgan fingerprint density at radius 3 is 1.06 bits per heavy atom. The van der Waals surface area contributed by atoms with Gasteiger partial charge in [-0.3, -0.25) is 0 Å². The topological polar surface area (TPSA) is 0 Å². The van der Waals surface area contributed by atoms with E-state index in [1.807, 2.05) is 0 Å². The molecule has 1 atom stereocenters. The van der Waals surface area contributed by atoms with Gasteiger partial charge in [0.2, 0.25) is 0 Å². The maximum Gasteiger partial charge on any atom is 0.0619 e. The largest absolute Gasteiger partial charge is 0.0654 e. The zero-order valence-corrected chi connectivity index (χ0v) is 23.9. The van der Waals surface area contributed by atoms with Crippen molar-refractivity contribution >= 4 is 7.26 Å². The fourth-order valence-corrected chi connectivity index (χ4v) is 10.9. The Bertz CT molecular complexity index is 297. The molecule has 0 saturated carbocycles. The highest BCUT2D eigenvalue weighted by Crippen LogP contribution is 2.62. The minimum atomic E-state index is -0.749. The van der Waals surface area contributed by atoms with E-state index in [1.165, 1.54) is 109 Å². The predicted molar refractivity (Wildman–Crippen MR) is 151 cm³/mol. The third-order valence-electron chi connectivity index (χ3n) is 7.44. The van der Waals surface area contributed by atoms with Gasteiger partial charge < -0.3 is 0 Å². The summed E-state index contributed by atoms with van der Waals surface area (Å²) in [4.78, 5) is 0. The van der Waals surface area contributed by atoms with Crippen LogP contribution in [0.1, 0.15) is 163 Å². The Morgan fingerprint density at radius 1 is 0.419 bits per heavy atom. The summed E-state index contributed by atoms with van der Waals surface area (Å²) in [6, 6.07) is 0. The van der Waals surface area contributed by atoms with Crippen molar-refractivity contribution in [3.05, 3.63) is 0 Å². The molecule has 0 aliphatic rings. The van der Waals surface area contributed by atoms with Crippen LogP contribution in [0, 0.1) is 5.92 Å². The molecular weight excluding hydrogens is 391 g/mol. The smallest absolute Gasteiger partial charge is 0.0619 e. The van der Waals surface area contributed by atoms with Crippen molar-refractivity contribution in [2.24, 2.45) is 5.92 Å². The fraction of sp³-hybridized carbons (Fsp3) is 1.00. The van der Waals surface area contributed by atoms with Crippen LogP contribution >= 0.6 is 7.26 Å². The van der Waals surface area contributed by atoms with Crippen LogP contribution in [0.5, 0.6) is 0 Å². The molecule has 0 saturated heterocycles. The zero-order valence-electron chi connectivity index (χ0n) is 23.0. The standard InChI is InChI=1S/C30H64P/c1-6-10-13-16-19-22-26-31(29-30(5)25-9-4,27-23-20-17-14-11-7-2)28-24-21-18-15-12-8-3/h30H,6-29H2,1-5H3/q+1. The highest BCUT2D eigenvalue weighted by Gasteiger charge is 2.37. The molecule has 0 aromatic carbocycles. The molecule has 1 unspecified atom stereocenters. The lowest BCUT2D eigenvalue weighted by molar-refractivity contribution is 0.573. The quantitative estimate of drug-likeness (QED) is 0.0948. The van der Waals surface area contributed by atoms with Crippen LogP contribution in [-0.4, -0.2) is 24.6 Å². The molecule has 1 heteroatoms. The van der Waals surface area contributed by atoms with Crippen molar-refractivity contribution in [2.45, 2.75) is 163 Å². The molecule has 0 aromatic rings. The van der Waals surface area contributed by atoms with Gasteiger partial charge in [-0.2, -0.15) is 0 Å². The molecule has 0 aliphatic heterocycles. The summed E-state index contributed by atoms with van der Waals surface area (Å²) >= 11 is 0. The minimum Gasteiger partial charge on any atom is -0.0654 e. The van der Waals surface area contributed by atoms with Gasteiger partial charge in [0, 0.05) is 7.26 Å². The van der Waals surface area contributed by atoms with E-state index in [1.54, 1.807) is 43.9 Å². The monoisotopic (exact) mass is 455 g/mol. The summed E-state index contributed by atoms with van der Waals surface area (Å²) in [5.41, 5.74) is 0. The molecule has 0 fully saturated rings. The van der Waals surface area contributed by atoms with E-state index in [0.717, 1.165) is 5.92 Å². The minimum absolute atomic E-state index is 0.749. The number of hydrogen-bond donors (Lipinski definition) is 0. The van der Waals surface area contributed by atoms with E-state index in [-0.39, 0.29) is 0 Å². The van der Waals surface area contributed by atoms with Crippen LogP contribution in [0.25, 0.3) is 0 Å². The molecule has 0 N–H and O–H groups in total. The molecule has 0 heterocycles. The van der Waals surface area contributed by atoms with Crippen LogP contribution in [0.15, 0.2) is 0 Å². The highest BCUT2D eigenvalue weighted by molar-refractivity contribution is 7.75. The van der Waals surface area contributed by atoms with Crippen LogP contribution in [0.2, 0.25) is 0 Å². The summed E-state index contributed by atoms with van der Waals surface area (Å²) < 4.78 is 0. The highest BCUT2D eigenvalue weighted by atomic mass is 31.2. The molecule has 0 aromatic heterocycles. The maximum absolute atomic E-state index is 2.59. The van der Waals surface area contributed by atoms with Gasteiger partial charge in [0.1, 0.15) is 0 Å². The van der Waals surface area contributed by atoms with Gasteiger partial charge in [-0.15, -0.1) is 0 Å². The Hall–Kier alpha value is 0.430. The van der Waals surface area contributed by atoms with Crippen molar-refractivity contribution < 1.29 is 0 Å². The molecule has 31 heavy (non-hydrogen) atoms. The van der Waals surface area contributed by atoms with Gasteiger partial charge in [0.15, 0.2) is 0 Å². The Balaban J connectivity index is 4.80. The van der Waals surface area contributed by atoms with Crippen LogP contribution in [0.4, 0.5) is 0 Å². The number of rotatable bonds is 25. The van der Waals surface area contributed by atoms with Gasteiger partial charge in [-0.1, -0.05) is 118 Å². The van der Waals surface area contributed by atoms with Gasteiger partial charge in [-0.25, -0.2) is 0 Å². The third-order valence-corrected chi connectivity index (χ3v) is 12.6. The number of hydrogen-bond acceptors (Lipinski definition) is 0. The molecule has 0 nitrogen and oxygen atoms in total. The number of unbranched alkanes of at least 4 members (excludes halogenated alkanes) is 15. The lowest BCUT2D eigenvalue weighted by Crippen LogP contribution is -2.17. The lowest BCUT2D eigenvalue weighted by Gasteiger charge is -2.31. The van der Waals surface area contributed by atoms with Crippen molar-refractivity contribution in [3.8, 4) is 0 Å². The molecule has 0 rings (SSSR count). The second-order valence-electron chi connectivity index (χ2n) is 10.9. The van der Waals surface area contributed by atoms with Gasteiger partial charge >= 0.3 is 0 Å². The normalized spacial score (nSPS) is 13.1. The predicted octanol–water partition coefficient (Wildman–Crippen LogP) is 11.5. The third kappa shape index (κ3) is 19.6. The Kier molecular flexibility index (Phi) is 23.9. The van der Waals surface area contributed by atoms with E-state index >= 15 is 0 Å². The summed E-state index contributed by atoms with van der Waals surface area (Å²) in [6.07, 6.45) is 35.9. The lowest BCUT2D eigenvalue weighted by atomic mass is 10.1.